The van der Waals surface area contributed by atoms with Crippen molar-refractivity contribution in [2.45, 2.75) is 5.44 Å². The average Bonchev–Trinajstić information content (AvgIpc) is 2.71. The van der Waals surface area contributed by atoms with Crippen LogP contribution in [0.4, 0.5) is 5.69 Å². The van der Waals surface area contributed by atoms with Crippen LogP contribution in [0.3, 0.4) is 0 Å². The first-order chi connectivity index (χ1) is 6.77. The van der Waals surface area contributed by atoms with Crippen LogP contribution in [0.1, 0.15) is 11.0 Å². The number of benzene rings is 1. The molecule has 0 spiro atoms. The Hall–Kier alpha value is -0.510. The van der Waals surface area contributed by atoms with Gasteiger partial charge in [0.15, 0.2) is 0 Å². The molecule has 14 heavy (non-hydrogen) atoms. The summed E-state index contributed by atoms with van der Waals surface area (Å²) in [5.41, 5.74) is 2.87. The summed E-state index contributed by atoms with van der Waals surface area (Å²) in [5.74, 6) is 1.12. The fourth-order valence-electron chi connectivity index (χ4n) is 1.52. The third-order valence-corrected chi connectivity index (χ3v) is 3.50. The van der Waals surface area contributed by atoms with Crippen LogP contribution in [-0.2, 0) is 4.74 Å². The minimum Gasteiger partial charge on any atom is -0.362 e. The van der Waals surface area contributed by atoms with Gasteiger partial charge in [-0.05, 0) is 29.8 Å². The average molecular weight is 210 g/mol. The second kappa shape index (κ2) is 4.34. The predicted molar refractivity (Wildman–Crippen MR) is 60.1 cm³/mol. The number of quaternary nitrogens is 1. The van der Waals surface area contributed by atoms with Gasteiger partial charge in [0.25, 0.3) is 0 Å². The third kappa shape index (κ3) is 2.11. The molecule has 1 aromatic rings. The fraction of sp³-hybridized carbons (Fsp3) is 0.455. The minimum absolute atomic E-state index is 0.265. The second-order valence-electron chi connectivity index (χ2n) is 3.70. The molecule has 1 heterocycles. The van der Waals surface area contributed by atoms with E-state index in [1.807, 2.05) is 11.8 Å². The summed E-state index contributed by atoms with van der Waals surface area (Å²) >= 11 is 1.88. The lowest BCUT2D eigenvalue weighted by molar-refractivity contribution is -0.786. The van der Waals surface area contributed by atoms with Gasteiger partial charge in [0, 0.05) is 5.75 Å². The van der Waals surface area contributed by atoms with Gasteiger partial charge in [0.2, 0.25) is 0 Å². The zero-order valence-corrected chi connectivity index (χ0v) is 9.43. The molecule has 76 valence electrons. The van der Waals surface area contributed by atoms with E-state index in [-0.39, 0.29) is 5.44 Å². The van der Waals surface area contributed by atoms with Crippen molar-refractivity contribution in [3.05, 3.63) is 29.8 Å². The molecule has 1 N–H and O–H groups in total. The highest BCUT2D eigenvalue weighted by atomic mass is 32.2. The molecule has 1 saturated heterocycles. The van der Waals surface area contributed by atoms with E-state index in [4.69, 9.17) is 4.74 Å². The Morgan fingerprint density at radius 1 is 1.29 bits per heavy atom. The Morgan fingerprint density at radius 3 is 2.50 bits per heavy atom. The zero-order valence-electron chi connectivity index (χ0n) is 8.62. The van der Waals surface area contributed by atoms with Crippen molar-refractivity contribution in [1.29, 1.82) is 0 Å². The van der Waals surface area contributed by atoms with Gasteiger partial charge in [-0.3, -0.25) is 0 Å². The molecule has 1 atom stereocenters. The second-order valence-corrected chi connectivity index (χ2v) is 4.87. The summed E-state index contributed by atoms with van der Waals surface area (Å²) in [6, 6.07) is 8.69. The van der Waals surface area contributed by atoms with Crippen molar-refractivity contribution in [1.82, 2.24) is 0 Å². The van der Waals surface area contributed by atoms with Crippen molar-refractivity contribution < 1.29 is 9.64 Å². The van der Waals surface area contributed by atoms with Crippen molar-refractivity contribution in [3.8, 4) is 0 Å². The third-order valence-electron chi connectivity index (χ3n) is 2.38. The summed E-state index contributed by atoms with van der Waals surface area (Å²) in [6.07, 6.45) is 0. The monoisotopic (exact) mass is 210 g/mol. The highest BCUT2D eigenvalue weighted by Gasteiger charge is 2.18. The topological polar surface area (TPSA) is 13.7 Å². The lowest BCUT2D eigenvalue weighted by Crippen LogP contribution is -3.00. The standard InChI is InChI=1S/C11H15NOS/c1-12(2)10-5-3-9(4-6-10)11-13-7-8-14-11/h3-6,11H,7-8H2,1-2H3/p+1. The summed E-state index contributed by atoms with van der Waals surface area (Å²) < 4.78 is 5.60. The van der Waals surface area contributed by atoms with Gasteiger partial charge in [-0.2, -0.15) is 0 Å². The maximum absolute atomic E-state index is 5.60. The molecule has 1 fully saturated rings. The number of nitrogens with one attached hydrogen (secondary N) is 1. The van der Waals surface area contributed by atoms with Crippen LogP contribution in [0, 0.1) is 0 Å². The summed E-state index contributed by atoms with van der Waals surface area (Å²) in [5, 5.41) is 0. The molecule has 0 saturated carbocycles. The Balaban J connectivity index is 2.12. The quantitative estimate of drug-likeness (QED) is 0.789. The van der Waals surface area contributed by atoms with Crippen LogP contribution in [-0.4, -0.2) is 26.5 Å². The van der Waals surface area contributed by atoms with Crippen LogP contribution in [0.15, 0.2) is 24.3 Å². The number of rotatable bonds is 2. The van der Waals surface area contributed by atoms with Crippen molar-refractivity contribution in [2.75, 3.05) is 26.5 Å². The number of hydrogen-bond acceptors (Lipinski definition) is 2. The lowest BCUT2D eigenvalue weighted by atomic mass is 10.2. The Bertz CT molecular complexity index is 291. The van der Waals surface area contributed by atoms with Crippen LogP contribution in [0.5, 0.6) is 0 Å². The molecule has 3 heteroatoms. The maximum Gasteiger partial charge on any atom is 0.130 e. The van der Waals surface area contributed by atoms with E-state index in [2.05, 4.69) is 38.4 Å². The lowest BCUT2D eigenvalue weighted by Gasteiger charge is -2.10. The summed E-state index contributed by atoms with van der Waals surface area (Å²) in [4.78, 5) is 1.36. The van der Waals surface area contributed by atoms with Crippen molar-refractivity contribution >= 4 is 17.4 Å². The molecule has 0 radical (unpaired) electrons. The van der Waals surface area contributed by atoms with Crippen molar-refractivity contribution in [3.63, 3.8) is 0 Å². The molecular weight excluding hydrogens is 194 g/mol. The SMILES string of the molecule is C[NH+](C)c1ccc(C2OCCS2)cc1. The van der Waals surface area contributed by atoms with Crippen LogP contribution in [0.25, 0.3) is 0 Å². The smallest absolute Gasteiger partial charge is 0.130 e. The molecule has 0 aromatic heterocycles. The van der Waals surface area contributed by atoms with E-state index in [0.717, 1.165) is 12.4 Å². The molecular formula is C11H16NOS+. The van der Waals surface area contributed by atoms with E-state index in [1.165, 1.54) is 16.2 Å². The summed E-state index contributed by atoms with van der Waals surface area (Å²) in [7, 11) is 4.27. The molecule has 0 amide bonds. The first-order valence-corrected chi connectivity index (χ1v) is 5.96. The Labute approximate surface area is 89.2 Å². The van der Waals surface area contributed by atoms with Crippen LogP contribution < -0.4 is 4.90 Å². The highest BCUT2D eigenvalue weighted by Crippen LogP contribution is 2.34. The van der Waals surface area contributed by atoms with Gasteiger partial charge in [-0.25, -0.2) is 0 Å². The highest BCUT2D eigenvalue weighted by molar-refractivity contribution is 7.99. The molecule has 0 bridgehead atoms. The van der Waals surface area contributed by atoms with Gasteiger partial charge in [-0.15, -0.1) is 11.8 Å². The minimum atomic E-state index is 0.265. The molecule has 0 aliphatic carbocycles. The largest absolute Gasteiger partial charge is 0.362 e. The first kappa shape index (κ1) is 10.0. The van der Waals surface area contributed by atoms with E-state index in [9.17, 15) is 0 Å². The van der Waals surface area contributed by atoms with Gasteiger partial charge in [0.05, 0.1) is 20.7 Å². The molecule has 1 unspecified atom stereocenters. The zero-order chi connectivity index (χ0) is 9.97. The number of thioether (sulfide) groups is 1. The number of ether oxygens (including phenoxy) is 1. The van der Waals surface area contributed by atoms with Crippen molar-refractivity contribution in [2.24, 2.45) is 0 Å². The van der Waals surface area contributed by atoms with E-state index in [0.29, 0.717) is 0 Å². The van der Waals surface area contributed by atoms with Gasteiger partial charge in [0.1, 0.15) is 11.1 Å². The Morgan fingerprint density at radius 2 is 2.00 bits per heavy atom. The maximum atomic E-state index is 5.60. The van der Waals surface area contributed by atoms with Gasteiger partial charge >= 0.3 is 0 Å². The van der Waals surface area contributed by atoms with E-state index >= 15 is 0 Å². The van der Waals surface area contributed by atoms with E-state index < -0.39 is 0 Å². The fourth-order valence-corrected chi connectivity index (χ4v) is 2.47. The number of hydrogen-bond donors (Lipinski definition) is 1. The normalized spacial score (nSPS) is 21.8. The molecule has 1 aromatic carbocycles. The van der Waals surface area contributed by atoms with E-state index in [1.54, 1.807) is 0 Å². The van der Waals surface area contributed by atoms with Gasteiger partial charge < -0.3 is 9.64 Å². The molecule has 1 aliphatic heterocycles. The van der Waals surface area contributed by atoms with Crippen LogP contribution >= 0.6 is 11.8 Å². The van der Waals surface area contributed by atoms with Crippen LogP contribution in [0.2, 0.25) is 0 Å². The summed E-state index contributed by atoms with van der Waals surface area (Å²) in [6.45, 7) is 0.885. The Kier molecular flexibility index (Phi) is 3.11. The predicted octanol–water partition coefficient (Wildman–Crippen LogP) is 1.22. The van der Waals surface area contributed by atoms with Gasteiger partial charge in [-0.1, -0.05) is 0 Å². The molecule has 1 aliphatic rings. The first-order valence-electron chi connectivity index (χ1n) is 4.91. The molecule has 2 nitrogen and oxygen atoms in total. The molecule has 2 rings (SSSR count).